The van der Waals surface area contributed by atoms with Crippen LogP contribution >= 0.6 is 11.3 Å². The molecule has 3 aromatic heterocycles. The van der Waals surface area contributed by atoms with E-state index in [0.29, 0.717) is 0 Å². The molecule has 3 heteroatoms. The third kappa shape index (κ3) is 4.10. The highest BCUT2D eigenvalue weighted by Crippen LogP contribution is 2.48. The molecule has 11 aromatic rings. The predicted octanol–water partition coefficient (Wildman–Crippen LogP) is 13.6. The standard InChI is InChI=1S/C48H30N2S/c1-3-15-31(16-4-1)33-19-7-11-23-39(33)49-41-25-13-9-21-37(41)45-43(49)29-27-35-36-28-30-44-46(48(36)51-47(35)45)38-22-10-14-26-42(38)50(44)40-24-12-8-20-34(40)32-17-5-2-6-18-32/h1-30H. The number of rotatable bonds is 4. The van der Waals surface area contributed by atoms with Crippen molar-refractivity contribution >= 4 is 75.1 Å². The Hall–Kier alpha value is -6.42. The fraction of sp³-hybridized carbons (Fsp3) is 0. The summed E-state index contributed by atoms with van der Waals surface area (Å²) in [4.78, 5) is 0. The van der Waals surface area contributed by atoms with E-state index in [1.54, 1.807) is 0 Å². The van der Waals surface area contributed by atoms with Gasteiger partial charge in [-0.05, 0) is 47.5 Å². The number of aromatic nitrogens is 2. The zero-order valence-corrected chi connectivity index (χ0v) is 28.4. The maximum absolute atomic E-state index is 2.47. The summed E-state index contributed by atoms with van der Waals surface area (Å²) < 4.78 is 7.62. The Bertz CT molecular complexity index is 2910. The van der Waals surface area contributed by atoms with Crippen molar-refractivity contribution in [2.24, 2.45) is 0 Å². The molecule has 0 amide bonds. The van der Waals surface area contributed by atoms with E-state index >= 15 is 0 Å². The Labute approximate surface area is 298 Å². The van der Waals surface area contributed by atoms with Gasteiger partial charge < -0.3 is 9.13 Å². The Balaban J connectivity index is 1.23. The quantitative estimate of drug-likeness (QED) is 0.177. The summed E-state index contributed by atoms with van der Waals surface area (Å²) in [5, 5.41) is 7.82. The van der Waals surface area contributed by atoms with Crippen molar-refractivity contribution in [2.45, 2.75) is 0 Å². The lowest BCUT2D eigenvalue weighted by molar-refractivity contribution is 1.18. The van der Waals surface area contributed by atoms with Gasteiger partial charge in [0.15, 0.2) is 0 Å². The third-order valence-corrected chi connectivity index (χ3v) is 11.8. The Kier molecular flexibility index (Phi) is 6.16. The smallest absolute Gasteiger partial charge is 0.0556 e. The predicted molar refractivity (Wildman–Crippen MR) is 219 cm³/mol. The molecular formula is C48H30N2S. The lowest BCUT2D eigenvalue weighted by atomic mass is 10.0. The van der Waals surface area contributed by atoms with Crippen molar-refractivity contribution in [3.63, 3.8) is 0 Å². The van der Waals surface area contributed by atoms with E-state index in [0.717, 1.165) is 0 Å². The number of fused-ring (bicyclic) bond motifs is 11. The molecule has 51 heavy (non-hydrogen) atoms. The molecule has 0 aliphatic heterocycles. The Morgan fingerprint density at radius 1 is 0.294 bits per heavy atom. The average molecular weight is 667 g/mol. The van der Waals surface area contributed by atoms with Crippen LogP contribution in [-0.2, 0) is 0 Å². The molecule has 0 N–H and O–H groups in total. The zero-order chi connectivity index (χ0) is 33.5. The SMILES string of the molecule is c1ccc(-c2ccccc2-n2c3ccccc3c3c4sc5c(ccc6c5c5ccccc5n6-c5ccccc5-c5ccccc5)c4ccc32)cc1. The van der Waals surface area contributed by atoms with Gasteiger partial charge in [-0.25, -0.2) is 0 Å². The summed E-state index contributed by atoms with van der Waals surface area (Å²) in [6.45, 7) is 0. The highest BCUT2D eigenvalue weighted by molar-refractivity contribution is 7.27. The first kappa shape index (κ1) is 28.4. The summed E-state index contributed by atoms with van der Waals surface area (Å²) in [7, 11) is 0. The van der Waals surface area contributed by atoms with Crippen molar-refractivity contribution in [3.8, 4) is 33.6 Å². The second-order valence-corrected chi connectivity index (χ2v) is 14.3. The lowest BCUT2D eigenvalue weighted by Crippen LogP contribution is -1.96. The van der Waals surface area contributed by atoms with Crippen molar-refractivity contribution < 1.29 is 0 Å². The number of benzene rings is 8. The first-order valence-corrected chi connectivity index (χ1v) is 18.3. The molecule has 0 saturated carbocycles. The average Bonchev–Trinajstić information content (AvgIpc) is 3.86. The van der Waals surface area contributed by atoms with Crippen molar-refractivity contribution in [1.29, 1.82) is 0 Å². The van der Waals surface area contributed by atoms with Gasteiger partial charge in [0.2, 0.25) is 0 Å². The first-order valence-electron chi connectivity index (χ1n) is 17.5. The van der Waals surface area contributed by atoms with Crippen molar-refractivity contribution in [1.82, 2.24) is 9.13 Å². The van der Waals surface area contributed by atoms with E-state index in [1.807, 2.05) is 11.3 Å². The molecule has 2 nitrogen and oxygen atoms in total. The van der Waals surface area contributed by atoms with Gasteiger partial charge >= 0.3 is 0 Å². The van der Waals surface area contributed by atoms with Gasteiger partial charge in [-0.2, -0.15) is 0 Å². The maximum atomic E-state index is 2.47. The summed E-state index contributed by atoms with van der Waals surface area (Å²) in [5.41, 5.74) is 12.2. The molecule has 0 unspecified atom stereocenters. The molecule has 11 rings (SSSR count). The molecular weight excluding hydrogens is 637 g/mol. The minimum Gasteiger partial charge on any atom is -0.309 e. The number of nitrogens with zero attached hydrogens (tertiary/aromatic N) is 2. The Morgan fingerprint density at radius 3 is 1.16 bits per heavy atom. The molecule has 0 saturated heterocycles. The molecule has 3 heterocycles. The van der Waals surface area contributed by atoms with Gasteiger partial charge in [0.25, 0.3) is 0 Å². The van der Waals surface area contributed by atoms with Gasteiger partial charge in [-0.3, -0.25) is 0 Å². The fourth-order valence-electron chi connectivity index (χ4n) is 8.38. The topological polar surface area (TPSA) is 9.86 Å². The lowest BCUT2D eigenvalue weighted by Gasteiger charge is -2.14. The molecule has 0 fully saturated rings. The molecule has 0 atom stereocenters. The Morgan fingerprint density at radius 2 is 0.686 bits per heavy atom. The normalized spacial score (nSPS) is 11.9. The second kappa shape index (κ2) is 11.0. The minimum absolute atomic E-state index is 1.19. The summed E-state index contributed by atoms with van der Waals surface area (Å²) in [6.07, 6.45) is 0. The minimum atomic E-state index is 1.19. The second-order valence-electron chi connectivity index (χ2n) is 13.2. The van der Waals surface area contributed by atoms with Crippen molar-refractivity contribution in [2.75, 3.05) is 0 Å². The largest absolute Gasteiger partial charge is 0.309 e. The van der Waals surface area contributed by atoms with Crippen LogP contribution in [0.2, 0.25) is 0 Å². The van der Waals surface area contributed by atoms with Crippen LogP contribution in [0.1, 0.15) is 0 Å². The van der Waals surface area contributed by atoms with Gasteiger partial charge in [-0.1, -0.05) is 146 Å². The highest BCUT2D eigenvalue weighted by Gasteiger charge is 2.22. The van der Waals surface area contributed by atoms with Gasteiger partial charge in [0.1, 0.15) is 0 Å². The molecule has 0 aliphatic carbocycles. The molecule has 0 aliphatic rings. The number of hydrogen-bond acceptors (Lipinski definition) is 1. The highest BCUT2D eigenvalue weighted by atomic mass is 32.1. The van der Waals surface area contributed by atoms with E-state index in [1.165, 1.54) is 97.4 Å². The molecule has 0 radical (unpaired) electrons. The van der Waals surface area contributed by atoms with Crippen LogP contribution < -0.4 is 0 Å². The number of para-hydroxylation sites is 4. The summed E-state index contributed by atoms with van der Waals surface area (Å²) >= 11 is 1.94. The van der Waals surface area contributed by atoms with Crippen LogP contribution in [0.3, 0.4) is 0 Å². The van der Waals surface area contributed by atoms with E-state index in [4.69, 9.17) is 0 Å². The third-order valence-electron chi connectivity index (χ3n) is 10.5. The van der Waals surface area contributed by atoms with Crippen LogP contribution in [-0.4, -0.2) is 9.13 Å². The van der Waals surface area contributed by atoms with E-state index in [2.05, 4.69) is 191 Å². The summed E-state index contributed by atoms with van der Waals surface area (Å²) in [5.74, 6) is 0. The maximum Gasteiger partial charge on any atom is 0.0556 e. The van der Waals surface area contributed by atoms with Crippen LogP contribution in [0.4, 0.5) is 0 Å². The van der Waals surface area contributed by atoms with Gasteiger partial charge in [0.05, 0.1) is 33.4 Å². The fourth-order valence-corrected chi connectivity index (χ4v) is 9.79. The van der Waals surface area contributed by atoms with Crippen molar-refractivity contribution in [3.05, 3.63) is 182 Å². The number of hydrogen-bond donors (Lipinski definition) is 0. The van der Waals surface area contributed by atoms with E-state index in [-0.39, 0.29) is 0 Å². The van der Waals surface area contributed by atoms with Gasteiger partial charge in [0, 0.05) is 52.8 Å². The number of thiophene rings is 1. The van der Waals surface area contributed by atoms with Gasteiger partial charge in [-0.15, -0.1) is 11.3 Å². The van der Waals surface area contributed by atoms with E-state index in [9.17, 15) is 0 Å². The van der Waals surface area contributed by atoms with Crippen LogP contribution in [0.5, 0.6) is 0 Å². The zero-order valence-electron chi connectivity index (χ0n) is 27.6. The van der Waals surface area contributed by atoms with Crippen LogP contribution in [0, 0.1) is 0 Å². The monoisotopic (exact) mass is 666 g/mol. The van der Waals surface area contributed by atoms with Crippen LogP contribution in [0.15, 0.2) is 182 Å². The van der Waals surface area contributed by atoms with Crippen LogP contribution in [0.25, 0.3) is 97.4 Å². The van der Waals surface area contributed by atoms with E-state index < -0.39 is 0 Å². The summed E-state index contributed by atoms with van der Waals surface area (Å²) in [6, 6.07) is 66.3. The molecule has 8 aromatic carbocycles. The molecule has 0 spiro atoms. The molecule has 0 bridgehead atoms. The first-order chi connectivity index (χ1) is 25.3. The molecule has 238 valence electrons.